The summed E-state index contributed by atoms with van der Waals surface area (Å²) in [5.41, 5.74) is -0.187. The van der Waals surface area contributed by atoms with Crippen molar-refractivity contribution in [2.24, 2.45) is 7.05 Å². The van der Waals surface area contributed by atoms with Crippen LogP contribution in [-0.4, -0.2) is 28.7 Å². The predicted molar refractivity (Wildman–Crippen MR) is 119 cm³/mol. The third kappa shape index (κ3) is 5.41. The Kier molecular flexibility index (Phi) is 6.87. The molecule has 0 bridgehead atoms. The number of nitrogens with zero attached hydrogens (tertiary/aromatic N) is 3. The van der Waals surface area contributed by atoms with Crippen LogP contribution in [-0.2, 0) is 12.5 Å². The van der Waals surface area contributed by atoms with Gasteiger partial charge in [0.05, 0.1) is 11.5 Å². The van der Waals surface area contributed by atoms with Crippen molar-refractivity contribution < 1.29 is 18.3 Å². The van der Waals surface area contributed by atoms with Gasteiger partial charge in [0.1, 0.15) is 23.6 Å². The lowest BCUT2D eigenvalue weighted by Crippen LogP contribution is -2.26. The maximum Gasteiger partial charge on any atom is 0.272 e. The summed E-state index contributed by atoms with van der Waals surface area (Å²) in [6, 6.07) is 15.1. The van der Waals surface area contributed by atoms with Crippen molar-refractivity contribution >= 4 is 11.6 Å². The molecule has 0 aliphatic carbocycles. The van der Waals surface area contributed by atoms with Crippen molar-refractivity contribution in [2.45, 2.75) is 25.7 Å². The lowest BCUT2D eigenvalue weighted by molar-refractivity contribution is 0.0821. The van der Waals surface area contributed by atoms with Gasteiger partial charge >= 0.3 is 0 Å². The summed E-state index contributed by atoms with van der Waals surface area (Å²) in [6.45, 7) is 2.73. The molecule has 33 heavy (non-hydrogen) atoms. The number of nitrogens with one attached hydrogen (secondary N) is 1. The minimum Gasteiger partial charge on any atom is -0.487 e. The second-order valence-electron chi connectivity index (χ2n) is 7.86. The minimum absolute atomic E-state index is 0.0654. The number of para-hydroxylation sites is 1. The zero-order chi connectivity index (χ0) is 24.2. The van der Waals surface area contributed by atoms with E-state index in [0.29, 0.717) is 5.69 Å². The number of rotatable bonds is 7. The van der Waals surface area contributed by atoms with Crippen LogP contribution in [0, 0.1) is 11.3 Å². The first-order valence-electron chi connectivity index (χ1n) is 10.0. The molecule has 1 N–H and O–H groups in total. The maximum absolute atomic E-state index is 13.1. The average molecular weight is 452 g/mol. The van der Waals surface area contributed by atoms with E-state index < -0.39 is 29.8 Å². The molecule has 9 heteroatoms. The first-order chi connectivity index (χ1) is 15.6. The van der Waals surface area contributed by atoms with Gasteiger partial charge in [0, 0.05) is 24.5 Å². The molecule has 0 unspecified atom stereocenters. The lowest BCUT2D eigenvalue weighted by Gasteiger charge is -2.16. The molecule has 0 aliphatic rings. The van der Waals surface area contributed by atoms with Gasteiger partial charge in [-0.15, -0.1) is 0 Å². The zero-order valence-electron chi connectivity index (χ0n) is 18.3. The number of hydrogen-bond donors (Lipinski definition) is 1. The SMILES string of the molecule is Cn1cc(C(=O)Nc2ccc(C(C)(C)C#N)cc2)c(=O)c(-c2ccccc2OCC(F)F)n1. The monoisotopic (exact) mass is 452 g/mol. The van der Waals surface area contributed by atoms with Gasteiger partial charge < -0.3 is 10.1 Å². The minimum atomic E-state index is -2.68. The van der Waals surface area contributed by atoms with Gasteiger partial charge in [-0.25, -0.2) is 8.78 Å². The fraction of sp³-hybridized carbons (Fsp3) is 0.250. The Hall–Kier alpha value is -4.06. The molecule has 170 valence electrons. The number of anilines is 1. The number of nitriles is 1. The van der Waals surface area contributed by atoms with Crippen LogP contribution in [0.4, 0.5) is 14.5 Å². The van der Waals surface area contributed by atoms with Gasteiger partial charge in [-0.3, -0.25) is 14.3 Å². The molecule has 1 aromatic heterocycles. The first kappa shape index (κ1) is 23.6. The van der Waals surface area contributed by atoms with Gasteiger partial charge in [0.2, 0.25) is 5.43 Å². The van der Waals surface area contributed by atoms with Crippen LogP contribution < -0.4 is 15.5 Å². The summed E-state index contributed by atoms with van der Waals surface area (Å²) in [6.07, 6.45) is -1.40. The number of alkyl halides is 2. The summed E-state index contributed by atoms with van der Waals surface area (Å²) in [5, 5.41) is 16.1. The van der Waals surface area contributed by atoms with Crippen molar-refractivity contribution in [1.29, 1.82) is 5.26 Å². The highest BCUT2D eigenvalue weighted by molar-refractivity contribution is 6.04. The Morgan fingerprint density at radius 1 is 1.21 bits per heavy atom. The average Bonchev–Trinajstić information content (AvgIpc) is 2.79. The molecule has 0 radical (unpaired) electrons. The third-order valence-corrected chi connectivity index (χ3v) is 4.93. The van der Waals surface area contributed by atoms with Crippen molar-refractivity contribution in [1.82, 2.24) is 9.78 Å². The zero-order valence-corrected chi connectivity index (χ0v) is 18.3. The molecule has 0 saturated carbocycles. The molecule has 3 aromatic rings. The van der Waals surface area contributed by atoms with E-state index in [-0.39, 0.29) is 22.6 Å². The number of ether oxygens (including phenoxy) is 1. The largest absolute Gasteiger partial charge is 0.487 e. The molecular formula is C24H22F2N4O3. The van der Waals surface area contributed by atoms with E-state index >= 15 is 0 Å². The molecular weight excluding hydrogens is 430 g/mol. The van der Waals surface area contributed by atoms with Crippen LogP contribution in [0.25, 0.3) is 11.3 Å². The summed E-state index contributed by atoms with van der Waals surface area (Å²) in [5.74, 6) is -0.590. The summed E-state index contributed by atoms with van der Waals surface area (Å²) >= 11 is 0. The second kappa shape index (κ2) is 9.61. The summed E-state index contributed by atoms with van der Waals surface area (Å²) < 4.78 is 31.7. The Labute approximate surface area is 189 Å². The third-order valence-electron chi connectivity index (χ3n) is 4.93. The van der Waals surface area contributed by atoms with E-state index in [9.17, 15) is 23.6 Å². The quantitative estimate of drug-likeness (QED) is 0.581. The van der Waals surface area contributed by atoms with Gasteiger partial charge in [-0.1, -0.05) is 24.3 Å². The molecule has 2 aromatic carbocycles. The first-order valence-corrected chi connectivity index (χ1v) is 10.0. The molecule has 0 atom stereocenters. The number of aryl methyl sites for hydroxylation is 1. The van der Waals surface area contributed by atoms with Crippen molar-refractivity contribution in [3.63, 3.8) is 0 Å². The molecule has 0 saturated heterocycles. The molecule has 7 nitrogen and oxygen atoms in total. The molecule has 1 amide bonds. The van der Waals surface area contributed by atoms with Gasteiger partial charge in [0.25, 0.3) is 12.3 Å². The Balaban J connectivity index is 1.93. The molecule has 0 fully saturated rings. The van der Waals surface area contributed by atoms with E-state index in [1.54, 1.807) is 57.3 Å². The smallest absolute Gasteiger partial charge is 0.272 e. The Morgan fingerprint density at radius 3 is 2.52 bits per heavy atom. The van der Waals surface area contributed by atoms with Crippen molar-refractivity contribution in [3.05, 3.63) is 76.1 Å². The highest BCUT2D eigenvalue weighted by Gasteiger charge is 2.21. The summed E-state index contributed by atoms with van der Waals surface area (Å²) in [4.78, 5) is 26.0. The van der Waals surface area contributed by atoms with Crippen LogP contribution in [0.3, 0.4) is 0 Å². The van der Waals surface area contributed by atoms with Crippen LogP contribution in [0.5, 0.6) is 5.75 Å². The number of benzene rings is 2. The highest BCUT2D eigenvalue weighted by atomic mass is 19.3. The van der Waals surface area contributed by atoms with E-state index in [4.69, 9.17) is 4.74 Å². The predicted octanol–water partition coefficient (Wildman–Crippen LogP) is 4.14. The maximum atomic E-state index is 13.1. The number of halogens is 2. The van der Waals surface area contributed by atoms with Crippen LogP contribution in [0.1, 0.15) is 29.8 Å². The molecule has 0 spiro atoms. The van der Waals surface area contributed by atoms with E-state index in [1.165, 1.54) is 23.0 Å². The Morgan fingerprint density at radius 2 is 1.88 bits per heavy atom. The van der Waals surface area contributed by atoms with E-state index in [0.717, 1.165) is 5.56 Å². The number of aromatic nitrogens is 2. The summed E-state index contributed by atoms with van der Waals surface area (Å²) in [7, 11) is 1.54. The number of carbonyl (C=O) groups excluding carboxylic acids is 1. The standard InChI is InChI=1S/C24H22F2N4O3/c1-24(2,14-27)15-8-10-16(11-9-15)28-23(32)18-12-30(3)29-21(22(18)31)17-6-4-5-7-19(17)33-13-20(25)26/h4-12,20H,13H2,1-3H3,(H,28,32). The van der Waals surface area contributed by atoms with E-state index in [2.05, 4.69) is 16.5 Å². The Bertz CT molecular complexity index is 1260. The highest BCUT2D eigenvalue weighted by Crippen LogP contribution is 2.27. The van der Waals surface area contributed by atoms with Gasteiger partial charge in [0.15, 0.2) is 0 Å². The fourth-order valence-corrected chi connectivity index (χ4v) is 3.12. The second-order valence-corrected chi connectivity index (χ2v) is 7.86. The fourth-order valence-electron chi connectivity index (χ4n) is 3.12. The number of hydrogen-bond acceptors (Lipinski definition) is 5. The molecule has 0 aliphatic heterocycles. The van der Waals surface area contributed by atoms with Crippen molar-refractivity contribution in [3.8, 4) is 23.1 Å². The van der Waals surface area contributed by atoms with Crippen molar-refractivity contribution in [2.75, 3.05) is 11.9 Å². The van der Waals surface area contributed by atoms with Gasteiger partial charge in [-0.2, -0.15) is 10.4 Å². The lowest BCUT2D eigenvalue weighted by atomic mass is 9.86. The molecule has 1 heterocycles. The van der Waals surface area contributed by atoms with Gasteiger partial charge in [-0.05, 0) is 43.7 Å². The van der Waals surface area contributed by atoms with Crippen LogP contribution in [0.2, 0.25) is 0 Å². The number of amides is 1. The van der Waals surface area contributed by atoms with E-state index in [1.807, 2.05) is 0 Å². The topological polar surface area (TPSA) is 97.0 Å². The number of carbonyl (C=O) groups is 1. The van der Waals surface area contributed by atoms with Crippen LogP contribution in [0.15, 0.2) is 59.5 Å². The van der Waals surface area contributed by atoms with Crippen LogP contribution >= 0.6 is 0 Å². The normalized spacial score (nSPS) is 11.2. The molecule has 3 rings (SSSR count).